The van der Waals surface area contributed by atoms with Gasteiger partial charge < -0.3 is 15.5 Å². The van der Waals surface area contributed by atoms with Gasteiger partial charge in [-0.15, -0.1) is 0 Å². The van der Waals surface area contributed by atoms with Crippen LogP contribution in [0, 0.1) is 0 Å². The Morgan fingerprint density at radius 3 is 2.46 bits per heavy atom. The molecule has 1 aromatic rings. The number of nitrogens with zero attached hydrogens (tertiary/aromatic N) is 2. The molecule has 0 aliphatic heterocycles. The predicted molar refractivity (Wildman–Crippen MR) is 106 cm³/mol. The number of hydrogen-bond acceptors (Lipinski definition) is 2. The number of rotatable bonds is 11. The van der Waals surface area contributed by atoms with E-state index in [0.717, 1.165) is 38.4 Å². The molecule has 0 aromatic heterocycles. The third kappa shape index (κ3) is 8.92. The molecular formula is C20H36N4. The van der Waals surface area contributed by atoms with Gasteiger partial charge in [-0.05, 0) is 57.8 Å². The van der Waals surface area contributed by atoms with Crippen LogP contribution in [0.1, 0.15) is 45.6 Å². The lowest BCUT2D eigenvalue weighted by molar-refractivity contribution is 0.297. The molecule has 2 N–H and O–H groups in total. The van der Waals surface area contributed by atoms with E-state index in [2.05, 4.69) is 71.6 Å². The first-order valence-electron chi connectivity index (χ1n) is 9.43. The summed E-state index contributed by atoms with van der Waals surface area (Å²) in [6.45, 7) is 11.1. The van der Waals surface area contributed by atoms with Crippen LogP contribution in [0.25, 0.3) is 0 Å². The lowest BCUT2D eigenvalue weighted by atomic mass is 10.1. The molecule has 0 fully saturated rings. The van der Waals surface area contributed by atoms with Gasteiger partial charge >= 0.3 is 0 Å². The summed E-state index contributed by atoms with van der Waals surface area (Å²) in [6.07, 6.45) is 4.60. The Hall–Kier alpha value is -1.55. The van der Waals surface area contributed by atoms with E-state index in [0.29, 0.717) is 6.04 Å². The van der Waals surface area contributed by atoms with Crippen molar-refractivity contribution in [2.45, 2.75) is 52.5 Å². The number of aliphatic imine (C=N–C) groups is 1. The Bertz CT molecular complexity index is 440. The molecule has 0 heterocycles. The van der Waals surface area contributed by atoms with Gasteiger partial charge in [0.2, 0.25) is 0 Å². The minimum absolute atomic E-state index is 0.409. The average molecular weight is 333 g/mol. The molecule has 1 atom stereocenters. The van der Waals surface area contributed by atoms with Gasteiger partial charge in [0.05, 0.1) is 0 Å². The molecule has 0 saturated heterocycles. The molecule has 0 aliphatic rings. The fourth-order valence-corrected chi connectivity index (χ4v) is 2.74. The van der Waals surface area contributed by atoms with Gasteiger partial charge in [0.15, 0.2) is 5.96 Å². The molecule has 0 amide bonds. The highest BCUT2D eigenvalue weighted by Crippen LogP contribution is 2.04. The standard InChI is InChI=1S/C20H36N4/c1-5-24(6-2)17-11-10-16-22-20(21-4)23-18(3)14-15-19-12-8-7-9-13-19/h7-9,12-13,18H,5-6,10-11,14-17H2,1-4H3,(H2,21,22,23). The van der Waals surface area contributed by atoms with Crippen molar-refractivity contribution in [2.24, 2.45) is 4.99 Å². The van der Waals surface area contributed by atoms with Gasteiger partial charge in [-0.2, -0.15) is 0 Å². The Balaban J connectivity index is 2.17. The van der Waals surface area contributed by atoms with Gasteiger partial charge in [0.25, 0.3) is 0 Å². The zero-order valence-corrected chi connectivity index (χ0v) is 16.0. The van der Waals surface area contributed by atoms with E-state index in [4.69, 9.17) is 0 Å². The quantitative estimate of drug-likeness (QED) is 0.371. The van der Waals surface area contributed by atoms with Crippen LogP contribution in [0.2, 0.25) is 0 Å². The van der Waals surface area contributed by atoms with Crippen LogP contribution in [0.5, 0.6) is 0 Å². The SMILES string of the molecule is CCN(CC)CCCCNC(=NC)NC(C)CCc1ccccc1. The summed E-state index contributed by atoms with van der Waals surface area (Å²) in [5.74, 6) is 0.915. The number of aryl methyl sites for hydroxylation is 1. The van der Waals surface area contributed by atoms with Crippen molar-refractivity contribution in [3.63, 3.8) is 0 Å². The summed E-state index contributed by atoms with van der Waals surface area (Å²) in [5, 5.41) is 6.92. The van der Waals surface area contributed by atoms with Crippen LogP contribution in [0.4, 0.5) is 0 Å². The Kier molecular flexibility index (Phi) is 10.9. The second-order valence-corrected chi connectivity index (χ2v) is 6.30. The van der Waals surface area contributed by atoms with Crippen LogP contribution in [0.15, 0.2) is 35.3 Å². The molecule has 4 heteroatoms. The third-order valence-corrected chi connectivity index (χ3v) is 4.40. The first kappa shape index (κ1) is 20.5. The zero-order chi connectivity index (χ0) is 17.6. The summed E-state index contributed by atoms with van der Waals surface area (Å²) in [4.78, 5) is 6.80. The zero-order valence-electron chi connectivity index (χ0n) is 16.0. The maximum absolute atomic E-state index is 4.33. The van der Waals surface area contributed by atoms with E-state index < -0.39 is 0 Å². The Morgan fingerprint density at radius 1 is 1.12 bits per heavy atom. The minimum atomic E-state index is 0.409. The molecule has 0 saturated carbocycles. The lowest BCUT2D eigenvalue weighted by Gasteiger charge is -2.19. The third-order valence-electron chi connectivity index (χ3n) is 4.40. The van der Waals surface area contributed by atoms with Crippen molar-refractivity contribution >= 4 is 5.96 Å². The lowest BCUT2D eigenvalue weighted by Crippen LogP contribution is -2.42. The average Bonchev–Trinajstić information content (AvgIpc) is 2.62. The smallest absolute Gasteiger partial charge is 0.191 e. The topological polar surface area (TPSA) is 39.7 Å². The summed E-state index contributed by atoms with van der Waals surface area (Å²) in [5.41, 5.74) is 1.39. The summed E-state index contributed by atoms with van der Waals surface area (Å²) in [6, 6.07) is 11.1. The second-order valence-electron chi connectivity index (χ2n) is 6.30. The number of nitrogens with one attached hydrogen (secondary N) is 2. The molecule has 24 heavy (non-hydrogen) atoms. The van der Waals surface area contributed by atoms with Crippen molar-refractivity contribution in [3.8, 4) is 0 Å². The molecule has 0 radical (unpaired) electrons. The number of benzene rings is 1. The van der Waals surface area contributed by atoms with Crippen molar-refractivity contribution in [3.05, 3.63) is 35.9 Å². The molecule has 4 nitrogen and oxygen atoms in total. The van der Waals surface area contributed by atoms with Gasteiger partial charge in [0.1, 0.15) is 0 Å². The second kappa shape index (κ2) is 12.8. The van der Waals surface area contributed by atoms with E-state index in [9.17, 15) is 0 Å². The van der Waals surface area contributed by atoms with Gasteiger partial charge in [0, 0.05) is 19.6 Å². The highest BCUT2D eigenvalue weighted by Gasteiger charge is 2.05. The van der Waals surface area contributed by atoms with Crippen LogP contribution < -0.4 is 10.6 Å². The number of hydrogen-bond donors (Lipinski definition) is 2. The van der Waals surface area contributed by atoms with Crippen LogP contribution >= 0.6 is 0 Å². The molecule has 136 valence electrons. The van der Waals surface area contributed by atoms with E-state index in [-0.39, 0.29) is 0 Å². The normalized spacial score (nSPS) is 13.1. The minimum Gasteiger partial charge on any atom is -0.356 e. The van der Waals surface area contributed by atoms with E-state index in [1.54, 1.807) is 0 Å². The fourth-order valence-electron chi connectivity index (χ4n) is 2.74. The van der Waals surface area contributed by atoms with Gasteiger partial charge in [-0.1, -0.05) is 44.2 Å². The number of unbranched alkanes of at least 4 members (excludes halogenated alkanes) is 1. The van der Waals surface area contributed by atoms with Crippen LogP contribution in [-0.4, -0.2) is 50.1 Å². The van der Waals surface area contributed by atoms with E-state index in [1.807, 2.05) is 7.05 Å². The fraction of sp³-hybridized carbons (Fsp3) is 0.650. The maximum Gasteiger partial charge on any atom is 0.191 e. The Morgan fingerprint density at radius 2 is 1.83 bits per heavy atom. The highest BCUT2D eigenvalue weighted by atomic mass is 15.2. The largest absolute Gasteiger partial charge is 0.356 e. The predicted octanol–water partition coefficient (Wildman–Crippen LogP) is 3.29. The van der Waals surface area contributed by atoms with Crippen molar-refractivity contribution in [1.82, 2.24) is 15.5 Å². The Labute approximate surface area is 148 Å². The summed E-state index contributed by atoms with van der Waals surface area (Å²) in [7, 11) is 1.84. The molecule has 1 unspecified atom stereocenters. The van der Waals surface area contributed by atoms with Gasteiger partial charge in [-0.25, -0.2) is 0 Å². The molecule has 0 bridgehead atoms. The molecule has 1 rings (SSSR count). The monoisotopic (exact) mass is 332 g/mol. The summed E-state index contributed by atoms with van der Waals surface area (Å²) < 4.78 is 0. The first-order chi connectivity index (χ1) is 11.7. The van der Waals surface area contributed by atoms with E-state index in [1.165, 1.54) is 24.9 Å². The first-order valence-corrected chi connectivity index (χ1v) is 9.43. The van der Waals surface area contributed by atoms with Crippen molar-refractivity contribution in [1.29, 1.82) is 0 Å². The van der Waals surface area contributed by atoms with Crippen LogP contribution in [-0.2, 0) is 6.42 Å². The molecular weight excluding hydrogens is 296 g/mol. The highest BCUT2D eigenvalue weighted by molar-refractivity contribution is 5.79. The maximum atomic E-state index is 4.33. The van der Waals surface area contributed by atoms with Crippen molar-refractivity contribution in [2.75, 3.05) is 33.2 Å². The molecule has 1 aromatic carbocycles. The summed E-state index contributed by atoms with van der Waals surface area (Å²) >= 11 is 0. The molecule has 0 spiro atoms. The van der Waals surface area contributed by atoms with Crippen LogP contribution in [0.3, 0.4) is 0 Å². The van der Waals surface area contributed by atoms with Gasteiger partial charge in [-0.3, -0.25) is 4.99 Å². The number of guanidine groups is 1. The van der Waals surface area contributed by atoms with Crippen molar-refractivity contribution < 1.29 is 0 Å². The molecule has 0 aliphatic carbocycles. The van der Waals surface area contributed by atoms with E-state index >= 15 is 0 Å².